The predicted molar refractivity (Wildman–Crippen MR) is 73.2 cm³/mol. The molecule has 1 aromatic carbocycles. The molecule has 0 aliphatic heterocycles. The number of carboxylic acid groups (broad SMARTS) is 1. The van der Waals surface area contributed by atoms with E-state index in [1.54, 1.807) is 0 Å². The first-order valence-corrected chi connectivity index (χ1v) is 6.21. The first kappa shape index (κ1) is 12.7. The molecule has 3 heteroatoms. The van der Waals surface area contributed by atoms with Crippen LogP contribution in [0.1, 0.15) is 41.6 Å². The van der Waals surface area contributed by atoms with Crippen molar-refractivity contribution in [2.45, 2.75) is 40.0 Å². The molecule has 1 unspecified atom stereocenters. The zero-order valence-corrected chi connectivity index (χ0v) is 11.3. The standard InChI is InChI=1S/C15H19NO2/c1-8-5-9(2)15-12(6-8)11(4)14(16-15)10(3)7-13(17)18/h5-6,10,16H,7H2,1-4H3,(H,17,18). The molecule has 1 atom stereocenters. The van der Waals surface area contributed by atoms with Gasteiger partial charge in [-0.25, -0.2) is 0 Å². The number of benzene rings is 1. The first-order chi connectivity index (χ1) is 8.40. The first-order valence-electron chi connectivity index (χ1n) is 6.21. The number of aliphatic carboxylic acids is 1. The molecule has 2 aromatic rings. The van der Waals surface area contributed by atoms with Crippen molar-refractivity contribution in [3.63, 3.8) is 0 Å². The maximum atomic E-state index is 10.8. The number of nitrogens with one attached hydrogen (secondary N) is 1. The number of fused-ring (bicyclic) bond motifs is 1. The van der Waals surface area contributed by atoms with Gasteiger partial charge in [-0.1, -0.05) is 18.6 Å². The lowest BCUT2D eigenvalue weighted by atomic mass is 9.99. The number of carbonyl (C=O) groups is 1. The summed E-state index contributed by atoms with van der Waals surface area (Å²) in [5.41, 5.74) is 5.79. The van der Waals surface area contributed by atoms with Crippen LogP contribution < -0.4 is 0 Å². The van der Waals surface area contributed by atoms with Gasteiger partial charge in [-0.15, -0.1) is 0 Å². The Morgan fingerprint density at radius 1 is 1.33 bits per heavy atom. The van der Waals surface area contributed by atoms with Crippen LogP contribution in [0.2, 0.25) is 0 Å². The third-order valence-electron chi connectivity index (χ3n) is 3.52. The lowest BCUT2D eigenvalue weighted by Gasteiger charge is -2.07. The summed E-state index contributed by atoms with van der Waals surface area (Å²) in [4.78, 5) is 14.2. The summed E-state index contributed by atoms with van der Waals surface area (Å²) in [7, 11) is 0. The van der Waals surface area contributed by atoms with Crippen molar-refractivity contribution in [2.24, 2.45) is 0 Å². The Balaban J connectivity index is 2.57. The minimum absolute atomic E-state index is 0.00889. The van der Waals surface area contributed by atoms with Gasteiger partial charge in [0, 0.05) is 22.5 Å². The SMILES string of the molecule is Cc1cc(C)c2[nH]c(C(C)CC(=O)O)c(C)c2c1. The fourth-order valence-corrected chi connectivity index (χ4v) is 2.66. The fourth-order valence-electron chi connectivity index (χ4n) is 2.66. The van der Waals surface area contributed by atoms with Crippen molar-refractivity contribution < 1.29 is 9.90 Å². The average molecular weight is 245 g/mol. The van der Waals surface area contributed by atoms with E-state index in [0.717, 1.165) is 11.2 Å². The van der Waals surface area contributed by atoms with Gasteiger partial charge >= 0.3 is 5.97 Å². The number of aromatic amines is 1. The number of aromatic nitrogens is 1. The molecule has 1 heterocycles. The van der Waals surface area contributed by atoms with Crippen LogP contribution in [-0.2, 0) is 4.79 Å². The minimum Gasteiger partial charge on any atom is -0.481 e. The second kappa shape index (κ2) is 4.48. The van der Waals surface area contributed by atoms with E-state index in [9.17, 15) is 4.79 Å². The van der Waals surface area contributed by atoms with Crippen LogP contribution in [0.4, 0.5) is 0 Å². The molecule has 2 rings (SSSR count). The summed E-state index contributed by atoms with van der Waals surface area (Å²) in [6, 6.07) is 4.30. The highest BCUT2D eigenvalue weighted by Gasteiger charge is 2.17. The zero-order chi connectivity index (χ0) is 13.4. The van der Waals surface area contributed by atoms with Crippen LogP contribution in [0.15, 0.2) is 12.1 Å². The van der Waals surface area contributed by atoms with Crippen LogP contribution in [-0.4, -0.2) is 16.1 Å². The molecular weight excluding hydrogens is 226 g/mol. The number of rotatable bonds is 3. The van der Waals surface area contributed by atoms with Gasteiger partial charge < -0.3 is 10.1 Å². The predicted octanol–water partition coefficient (Wildman–Crippen LogP) is 3.67. The molecule has 0 amide bonds. The molecule has 0 saturated carbocycles. The van der Waals surface area contributed by atoms with Crippen LogP contribution in [0.25, 0.3) is 10.9 Å². The maximum Gasteiger partial charge on any atom is 0.304 e. The van der Waals surface area contributed by atoms with E-state index in [1.165, 1.54) is 22.1 Å². The number of hydrogen-bond acceptors (Lipinski definition) is 1. The van der Waals surface area contributed by atoms with Crippen LogP contribution in [0.5, 0.6) is 0 Å². The molecule has 0 spiro atoms. The smallest absolute Gasteiger partial charge is 0.304 e. The van der Waals surface area contributed by atoms with Gasteiger partial charge in [-0.05, 0) is 38.0 Å². The molecule has 0 fully saturated rings. The molecule has 0 saturated heterocycles. The summed E-state index contributed by atoms with van der Waals surface area (Å²) in [6.45, 7) is 8.18. The largest absolute Gasteiger partial charge is 0.481 e. The second-order valence-corrected chi connectivity index (χ2v) is 5.17. The van der Waals surface area contributed by atoms with Gasteiger partial charge in [0.1, 0.15) is 0 Å². The van der Waals surface area contributed by atoms with E-state index in [4.69, 9.17) is 5.11 Å². The Bertz CT molecular complexity index is 610. The molecule has 0 bridgehead atoms. The second-order valence-electron chi connectivity index (χ2n) is 5.17. The molecule has 0 aliphatic rings. The highest BCUT2D eigenvalue weighted by atomic mass is 16.4. The minimum atomic E-state index is -0.756. The van der Waals surface area contributed by atoms with Crippen LogP contribution >= 0.6 is 0 Å². The van der Waals surface area contributed by atoms with Crippen molar-refractivity contribution in [1.82, 2.24) is 4.98 Å². The van der Waals surface area contributed by atoms with E-state index in [2.05, 4.69) is 37.9 Å². The van der Waals surface area contributed by atoms with Crippen molar-refractivity contribution in [3.8, 4) is 0 Å². The summed E-state index contributed by atoms with van der Waals surface area (Å²) >= 11 is 0. The molecule has 2 N–H and O–H groups in total. The number of hydrogen-bond donors (Lipinski definition) is 2. The average Bonchev–Trinajstić information content (AvgIpc) is 2.56. The van der Waals surface area contributed by atoms with Gasteiger partial charge in [0.05, 0.1) is 6.42 Å². The Morgan fingerprint density at radius 2 is 2.00 bits per heavy atom. The van der Waals surface area contributed by atoms with Gasteiger partial charge in [0.15, 0.2) is 0 Å². The molecule has 1 aromatic heterocycles. The van der Waals surface area contributed by atoms with Crippen molar-refractivity contribution in [2.75, 3.05) is 0 Å². The van der Waals surface area contributed by atoms with E-state index in [-0.39, 0.29) is 12.3 Å². The third-order valence-corrected chi connectivity index (χ3v) is 3.52. The van der Waals surface area contributed by atoms with Gasteiger partial charge in [0.25, 0.3) is 0 Å². The topological polar surface area (TPSA) is 53.1 Å². The lowest BCUT2D eigenvalue weighted by Crippen LogP contribution is -2.04. The van der Waals surface area contributed by atoms with Gasteiger partial charge in [-0.3, -0.25) is 4.79 Å². The molecule has 96 valence electrons. The van der Waals surface area contributed by atoms with E-state index in [0.29, 0.717) is 0 Å². The van der Waals surface area contributed by atoms with Crippen molar-refractivity contribution in [3.05, 3.63) is 34.5 Å². The Hall–Kier alpha value is -1.77. The van der Waals surface area contributed by atoms with Gasteiger partial charge in [0.2, 0.25) is 0 Å². The third kappa shape index (κ3) is 2.13. The molecular formula is C15H19NO2. The summed E-state index contributed by atoms with van der Waals surface area (Å²) in [5.74, 6) is -0.747. The normalized spacial score (nSPS) is 12.9. The zero-order valence-electron chi connectivity index (χ0n) is 11.3. The highest BCUT2D eigenvalue weighted by molar-refractivity contribution is 5.88. The molecule has 18 heavy (non-hydrogen) atoms. The van der Waals surface area contributed by atoms with Crippen LogP contribution in [0.3, 0.4) is 0 Å². The number of aryl methyl sites for hydroxylation is 3. The number of H-pyrrole nitrogens is 1. The Labute approximate surface area is 107 Å². The summed E-state index contributed by atoms with van der Waals surface area (Å²) < 4.78 is 0. The molecule has 3 nitrogen and oxygen atoms in total. The fraction of sp³-hybridized carbons (Fsp3) is 0.400. The summed E-state index contributed by atoms with van der Waals surface area (Å²) in [5, 5.41) is 10.1. The summed E-state index contributed by atoms with van der Waals surface area (Å²) in [6.07, 6.45) is 0.158. The molecule has 0 radical (unpaired) electrons. The van der Waals surface area contributed by atoms with E-state index < -0.39 is 5.97 Å². The number of carboxylic acids is 1. The quantitative estimate of drug-likeness (QED) is 0.866. The highest BCUT2D eigenvalue weighted by Crippen LogP contribution is 2.31. The monoisotopic (exact) mass is 245 g/mol. The van der Waals surface area contributed by atoms with E-state index in [1.807, 2.05) is 6.92 Å². The lowest BCUT2D eigenvalue weighted by molar-refractivity contribution is -0.137. The van der Waals surface area contributed by atoms with Crippen LogP contribution in [0, 0.1) is 20.8 Å². The van der Waals surface area contributed by atoms with Gasteiger partial charge in [-0.2, -0.15) is 0 Å². The van der Waals surface area contributed by atoms with E-state index >= 15 is 0 Å². The van der Waals surface area contributed by atoms with Crippen molar-refractivity contribution >= 4 is 16.9 Å². The Kier molecular flexibility index (Phi) is 3.16. The maximum absolute atomic E-state index is 10.8. The Morgan fingerprint density at radius 3 is 2.61 bits per heavy atom. The molecule has 0 aliphatic carbocycles. The van der Waals surface area contributed by atoms with Crippen molar-refractivity contribution in [1.29, 1.82) is 0 Å².